The van der Waals surface area contributed by atoms with Gasteiger partial charge in [-0.3, -0.25) is 9.59 Å². The van der Waals surface area contributed by atoms with Crippen LogP contribution in [0.5, 0.6) is 5.75 Å². The van der Waals surface area contributed by atoms with Crippen LogP contribution in [0.25, 0.3) is 0 Å². The van der Waals surface area contributed by atoms with Gasteiger partial charge < -0.3 is 15.2 Å². The smallest absolute Gasteiger partial charge is 0.308 e. The highest BCUT2D eigenvalue weighted by atomic mass is 16.5. The highest BCUT2D eigenvalue weighted by molar-refractivity contribution is 5.77. The average Bonchev–Trinajstić information content (AvgIpc) is 2.63. The van der Waals surface area contributed by atoms with Crippen LogP contribution >= 0.6 is 0 Å². The van der Waals surface area contributed by atoms with Gasteiger partial charge in [-0.15, -0.1) is 0 Å². The number of benzene rings is 2. The van der Waals surface area contributed by atoms with Gasteiger partial charge >= 0.3 is 5.97 Å². The van der Waals surface area contributed by atoms with E-state index >= 15 is 0 Å². The Morgan fingerprint density at radius 3 is 2.58 bits per heavy atom. The molecule has 0 radical (unpaired) electrons. The Bertz CT molecular complexity index is 715. The third-order valence-corrected chi connectivity index (χ3v) is 4.03. The van der Waals surface area contributed by atoms with Crippen LogP contribution < -0.4 is 10.1 Å². The van der Waals surface area contributed by atoms with E-state index in [9.17, 15) is 14.7 Å². The Morgan fingerprint density at radius 1 is 1.12 bits per heavy atom. The molecule has 0 fully saturated rings. The summed E-state index contributed by atoms with van der Waals surface area (Å²) in [5.41, 5.74) is 2.07. The summed E-state index contributed by atoms with van der Waals surface area (Å²) in [5, 5.41) is 12.1. The predicted octanol–water partition coefficient (Wildman–Crippen LogP) is 3.21. The number of carboxylic acid groups (broad SMARTS) is 1. The molecular weight excluding hydrogens is 330 g/mol. The highest BCUT2D eigenvalue weighted by Crippen LogP contribution is 2.13. The summed E-state index contributed by atoms with van der Waals surface area (Å²) in [6, 6.07) is 17.2. The number of aliphatic carboxylic acids is 1. The Balaban J connectivity index is 1.68. The zero-order chi connectivity index (χ0) is 18.8. The monoisotopic (exact) mass is 355 g/mol. The molecule has 0 saturated heterocycles. The number of hydrogen-bond acceptors (Lipinski definition) is 3. The van der Waals surface area contributed by atoms with E-state index in [1.54, 1.807) is 0 Å². The standard InChI is InChI=1S/C21H25NO4/c1-16-7-5-10-19(13-16)26-12-6-11-20(23)22-15-18(21(24)25)14-17-8-3-2-4-9-17/h2-5,7-10,13,18H,6,11-12,14-15H2,1H3,(H,22,23)(H,24,25). The first kappa shape index (κ1) is 19.5. The van der Waals surface area contributed by atoms with E-state index in [1.807, 2.05) is 61.5 Å². The molecule has 0 saturated carbocycles. The van der Waals surface area contributed by atoms with E-state index in [1.165, 1.54) is 0 Å². The minimum absolute atomic E-state index is 0.127. The minimum Gasteiger partial charge on any atom is -0.494 e. The summed E-state index contributed by atoms with van der Waals surface area (Å²) in [6.45, 7) is 2.57. The average molecular weight is 355 g/mol. The second-order valence-electron chi connectivity index (χ2n) is 6.30. The summed E-state index contributed by atoms with van der Waals surface area (Å²) in [6.07, 6.45) is 1.28. The maximum atomic E-state index is 11.9. The van der Waals surface area contributed by atoms with Gasteiger partial charge in [0.1, 0.15) is 5.75 Å². The van der Waals surface area contributed by atoms with Crippen LogP contribution in [0.2, 0.25) is 0 Å². The zero-order valence-electron chi connectivity index (χ0n) is 15.0. The maximum Gasteiger partial charge on any atom is 0.308 e. The number of carbonyl (C=O) groups excluding carboxylic acids is 1. The first-order chi connectivity index (χ1) is 12.5. The lowest BCUT2D eigenvalue weighted by Gasteiger charge is -2.13. The Labute approximate surface area is 154 Å². The van der Waals surface area contributed by atoms with Crippen LogP contribution in [0.4, 0.5) is 0 Å². The molecule has 2 aromatic rings. The van der Waals surface area contributed by atoms with E-state index in [-0.39, 0.29) is 12.5 Å². The van der Waals surface area contributed by atoms with Gasteiger partial charge in [-0.2, -0.15) is 0 Å². The number of amides is 1. The molecule has 0 aliphatic carbocycles. The molecule has 0 spiro atoms. The third-order valence-electron chi connectivity index (χ3n) is 4.03. The second kappa shape index (κ2) is 10.2. The molecule has 1 amide bonds. The van der Waals surface area contributed by atoms with Crippen LogP contribution in [0, 0.1) is 12.8 Å². The SMILES string of the molecule is Cc1cccc(OCCCC(=O)NCC(Cc2ccccc2)C(=O)O)c1. The molecular formula is C21H25NO4. The maximum absolute atomic E-state index is 11.9. The quantitative estimate of drug-likeness (QED) is 0.642. The van der Waals surface area contributed by atoms with Crippen molar-refractivity contribution in [1.82, 2.24) is 5.32 Å². The van der Waals surface area contributed by atoms with E-state index in [4.69, 9.17) is 4.74 Å². The summed E-state index contributed by atoms with van der Waals surface area (Å²) in [5.74, 6) is -0.904. The predicted molar refractivity (Wildman–Crippen MR) is 100 cm³/mol. The molecule has 2 rings (SSSR count). The lowest BCUT2D eigenvalue weighted by molar-refractivity contribution is -0.141. The van der Waals surface area contributed by atoms with Crippen molar-refractivity contribution in [3.05, 3.63) is 65.7 Å². The van der Waals surface area contributed by atoms with Crippen LogP contribution in [0.15, 0.2) is 54.6 Å². The van der Waals surface area contributed by atoms with Crippen molar-refractivity contribution in [2.75, 3.05) is 13.2 Å². The van der Waals surface area contributed by atoms with Crippen molar-refractivity contribution < 1.29 is 19.4 Å². The summed E-state index contributed by atoms with van der Waals surface area (Å²) in [7, 11) is 0. The molecule has 5 nitrogen and oxygen atoms in total. The third kappa shape index (κ3) is 6.97. The lowest BCUT2D eigenvalue weighted by atomic mass is 9.99. The minimum atomic E-state index is -0.906. The Morgan fingerprint density at radius 2 is 1.88 bits per heavy atom. The van der Waals surface area contributed by atoms with Crippen molar-refractivity contribution in [3.8, 4) is 5.75 Å². The van der Waals surface area contributed by atoms with Crippen LogP contribution in [0.3, 0.4) is 0 Å². The van der Waals surface area contributed by atoms with Crippen molar-refractivity contribution in [1.29, 1.82) is 0 Å². The van der Waals surface area contributed by atoms with E-state index in [2.05, 4.69) is 5.32 Å². The molecule has 0 aromatic heterocycles. The summed E-state index contributed by atoms with van der Waals surface area (Å²) >= 11 is 0. The van der Waals surface area contributed by atoms with E-state index in [0.717, 1.165) is 16.9 Å². The molecule has 5 heteroatoms. The van der Waals surface area contributed by atoms with E-state index in [0.29, 0.717) is 25.9 Å². The number of nitrogens with one attached hydrogen (secondary N) is 1. The van der Waals surface area contributed by atoms with Crippen LogP contribution in [-0.4, -0.2) is 30.1 Å². The number of carboxylic acids is 1. The van der Waals surface area contributed by atoms with Crippen molar-refractivity contribution in [3.63, 3.8) is 0 Å². The molecule has 0 bridgehead atoms. The molecule has 0 aliphatic heterocycles. The Kier molecular flexibility index (Phi) is 7.68. The van der Waals surface area contributed by atoms with Crippen molar-refractivity contribution in [2.45, 2.75) is 26.2 Å². The molecule has 2 N–H and O–H groups in total. The van der Waals surface area contributed by atoms with Gasteiger partial charge in [-0.1, -0.05) is 42.5 Å². The second-order valence-corrected chi connectivity index (χ2v) is 6.30. The fourth-order valence-electron chi connectivity index (χ4n) is 2.60. The topological polar surface area (TPSA) is 75.6 Å². The molecule has 0 aliphatic rings. The number of hydrogen-bond donors (Lipinski definition) is 2. The summed E-state index contributed by atoms with van der Waals surface area (Å²) in [4.78, 5) is 23.3. The van der Waals surface area contributed by atoms with Gasteiger partial charge in [0.2, 0.25) is 5.91 Å². The van der Waals surface area contributed by atoms with Crippen molar-refractivity contribution in [2.24, 2.45) is 5.92 Å². The molecule has 1 atom stereocenters. The van der Waals surface area contributed by atoms with Gasteiger partial charge in [-0.25, -0.2) is 0 Å². The number of ether oxygens (including phenoxy) is 1. The van der Waals surface area contributed by atoms with Gasteiger partial charge in [0.25, 0.3) is 0 Å². The molecule has 26 heavy (non-hydrogen) atoms. The fraction of sp³-hybridized carbons (Fsp3) is 0.333. The van der Waals surface area contributed by atoms with Gasteiger partial charge in [-0.05, 0) is 43.0 Å². The van der Waals surface area contributed by atoms with E-state index < -0.39 is 11.9 Å². The number of rotatable bonds is 10. The van der Waals surface area contributed by atoms with Gasteiger partial charge in [0.15, 0.2) is 0 Å². The fourth-order valence-corrected chi connectivity index (χ4v) is 2.60. The van der Waals surface area contributed by atoms with Crippen LogP contribution in [-0.2, 0) is 16.0 Å². The number of aryl methyl sites for hydroxylation is 1. The number of carbonyl (C=O) groups is 2. The molecule has 0 heterocycles. The normalized spacial score (nSPS) is 11.6. The first-order valence-corrected chi connectivity index (χ1v) is 8.77. The molecule has 1 unspecified atom stereocenters. The molecule has 138 valence electrons. The lowest BCUT2D eigenvalue weighted by Crippen LogP contribution is -2.34. The van der Waals surface area contributed by atoms with Gasteiger partial charge in [0.05, 0.1) is 12.5 Å². The zero-order valence-corrected chi connectivity index (χ0v) is 15.0. The van der Waals surface area contributed by atoms with Crippen LogP contribution in [0.1, 0.15) is 24.0 Å². The first-order valence-electron chi connectivity index (χ1n) is 8.77. The summed E-state index contributed by atoms with van der Waals surface area (Å²) < 4.78 is 5.61. The van der Waals surface area contributed by atoms with Gasteiger partial charge in [0, 0.05) is 13.0 Å². The van der Waals surface area contributed by atoms with Crippen molar-refractivity contribution >= 4 is 11.9 Å². The largest absolute Gasteiger partial charge is 0.494 e. The highest BCUT2D eigenvalue weighted by Gasteiger charge is 2.18. The molecule has 2 aromatic carbocycles. The Hall–Kier alpha value is -2.82.